The normalized spacial score (nSPS) is 27.8. The SMILES string of the molecule is CC(F)(F)C(=O)OC1C2CC3C1OS(=O)(=O)C3C2.CCCC[NH+](CCCC)c1ccccc1.CCCC[NH+](CCCC)c1ccccc1.O=C(OC1C2CC3C1OS(=O)(=O)C3C2)C(F)(F)S(=O)(=O)[O-].[Br-].[Na+]. The number of nitrogens with one attached hydrogen (secondary N) is 2. The van der Waals surface area contributed by atoms with Crippen molar-refractivity contribution in [3.8, 4) is 0 Å². The van der Waals surface area contributed by atoms with Gasteiger partial charge in [-0.3, -0.25) is 8.37 Å². The van der Waals surface area contributed by atoms with Crippen LogP contribution < -0.4 is 56.3 Å². The summed E-state index contributed by atoms with van der Waals surface area (Å²) in [6.07, 6.45) is 7.78. The van der Waals surface area contributed by atoms with Crippen LogP contribution in [0.25, 0.3) is 0 Å². The van der Waals surface area contributed by atoms with Crippen LogP contribution in [0, 0.1) is 23.7 Å². The van der Waals surface area contributed by atoms with E-state index in [1.807, 2.05) is 0 Å². The summed E-state index contributed by atoms with van der Waals surface area (Å²) in [7, 11) is -13.6. The molecule has 398 valence electrons. The summed E-state index contributed by atoms with van der Waals surface area (Å²) in [6.45, 7) is 14.6. The predicted molar refractivity (Wildman–Crippen MR) is 246 cm³/mol. The Morgan fingerprint density at radius 3 is 1.25 bits per heavy atom. The first-order valence-corrected chi connectivity index (χ1v) is 28.5. The van der Waals surface area contributed by atoms with E-state index in [-0.39, 0.29) is 64.8 Å². The third kappa shape index (κ3) is 15.9. The number of quaternary nitrogens is 2. The molecule has 0 aromatic heterocycles. The molecule has 4 saturated carbocycles. The third-order valence-corrected chi connectivity index (χ3v) is 18.3. The maximum absolute atomic E-state index is 13.1. The number of alkyl halides is 4. The summed E-state index contributed by atoms with van der Waals surface area (Å²) in [4.78, 5) is 25.7. The number of halogens is 5. The summed E-state index contributed by atoms with van der Waals surface area (Å²) >= 11 is 0. The number of benzene rings is 2. The summed E-state index contributed by atoms with van der Waals surface area (Å²) in [5.41, 5.74) is 2.92. The van der Waals surface area contributed by atoms with Gasteiger partial charge in [0.1, 0.15) is 35.8 Å². The molecule has 24 heteroatoms. The molecule has 0 amide bonds. The van der Waals surface area contributed by atoms with E-state index < -0.39 is 100 Å². The van der Waals surface area contributed by atoms with Gasteiger partial charge in [-0.15, -0.1) is 0 Å². The van der Waals surface area contributed by atoms with Crippen LogP contribution >= 0.6 is 0 Å². The number of carbonyl (C=O) groups excluding carboxylic acids is 2. The number of hydrogen-bond donors (Lipinski definition) is 2. The maximum atomic E-state index is 13.1. The van der Waals surface area contributed by atoms with Crippen LogP contribution in [0.1, 0.15) is 112 Å². The van der Waals surface area contributed by atoms with Gasteiger partial charge in [0, 0.05) is 30.6 Å². The van der Waals surface area contributed by atoms with Gasteiger partial charge in [-0.25, -0.2) is 18.0 Å². The van der Waals surface area contributed by atoms with Crippen molar-refractivity contribution in [3.63, 3.8) is 0 Å². The van der Waals surface area contributed by atoms with E-state index >= 15 is 0 Å². The van der Waals surface area contributed by atoms with Crippen molar-refractivity contribution in [1.82, 2.24) is 0 Å². The minimum Gasteiger partial charge on any atom is -1.00 e. The Kier molecular flexibility index (Phi) is 24.4. The topological polar surface area (TPSA) is 205 Å². The Labute approximate surface area is 449 Å². The van der Waals surface area contributed by atoms with Crippen LogP contribution in [-0.4, -0.2) is 114 Å². The van der Waals surface area contributed by atoms with Crippen molar-refractivity contribution in [2.24, 2.45) is 23.7 Å². The first kappa shape index (κ1) is 63.5. The zero-order chi connectivity index (χ0) is 51.0. The molecule has 0 spiro atoms. The molecule has 2 aromatic rings. The Bertz CT molecular complexity index is 2270. The van der Waals surface area contributed by atoms with Crippen LogP contribution in [0.15, 0.2) is 60.7 Å². The number of rotatable bonds is 19. The van der Waals surface area contributed by atoms with Gasteiger partial charge >= 0.3 is 52.7 Å². The third-order valence-electron chi connectivity index (χ3n) is 13.9. The molecule has 6 fully saturated rings. The smallest absolute Gasteiger partial charge is 1.00 e. The average molecular weight is 1150 g/mol. The first-order chi connectivity index (χ1) is 32.4. The van der Waals surface area contributed by atoms with E-state index in [4.69, 9.17) is 13.1 Å². The molecule has 2 aromatic carbocycles. The molecular weight excluding hydrogens is 1080 g/mol. The molecule has 2 saturated heterocycles. The number of unbranched alkanes of at least 4 members (excludes halogenated alkanes) is 4. The second-order valence-electron chi connectivity index (χ2n) is 18.9. The van der Waals surface area contributed by atoms with Crippen LogP contribution in [0.5, 0.6) is 0 Å². The van der Waals surface area contributed by atoms with Gasteiger partial charge in [0.2, 0.25) is 0 Å². The number of carbonyl (C=O) groups is 2. The van der Waals surface area contributed by atoms with E-state index in [1.165, 1.54) is 88.9 Å². The van der Waals surface area contributed by atoms with Crippen LogP contribution in [0.4, 0.5) is 28.9 Å². The number of fused-ring (bicyclic) bond motifs is 2. The van der Waals surface area contributed by atoms with E-state index in [2.05, 4.69) is 93.1 Å². The molecule has 6 aliphatic rings. The van der Waals surface area contributed by atoms with Gasteiger partial charge < -0.3 is 40.8 Å². The second kappa shape index (κ2) is 27.3. The first-order valence-electron chi connectivity index (χ1n) is 24.2. The summed E-state index contributed by atoms with van der Waals surface area (Å²) < 4.78 is 148. The molecule has 2 heterocycles. The van der Waals surface area contributed by atoms with Crippen molar-refractivity contribution in [2.75, 3.05) is 26.2 Å². The number of para-hydroxylation sites is 2. The van der Waals surface area contributed by atoms with Crippen molar-refractivity contribution in [3.05, 3.63) is 60.7 Å². The van der Waals surface area contributed by atoms with Crippen molar-refractivity contribution in [1.29, 1.82) is 0 Å². The molecule has 2 aliphatic heterocycles. The monoisotopic (exact) mass is 1140 g/mol. The zero-order valence-electron chi connectivity index (χ0n) is 41.3. The van der Waals surface area contributed by atoms with Crippen molar-refractivity contribution < 1.29 is 131 Å². The van der Waals surface area contributed by atoms with Crippen LogP contribution in [-0.2, 0) is 57.8 Å². The quantitative estimate of drug-likeness (QED) is 0.0599. The summed E-state index contributed by atoms with van der Waals surface area (Å²) in [6, 6.07) is 21.8. The minimum atomic E-state index is -6.21. The number of ether oxygens (including phenoxy) is 2. The fourth-order valence-electron chi connectivity index (χ4n) is 10.3. The molecule has 71 heavy (non-hydrogen) atoms. The Morgan fingerprint density at radius 2 is 0.958 bits per heavy atom. The van der Waals surface area contributed by atoms with Gasteiger partial charge in [0.25, 0.3) is 20.2 Å². The van der Waals surface area contributed by atoms with Crippen LogP contribution in [0.3, 0.4) is 0 Å². The maximum Gasteiger partial charge on any atom is 1.00 e. The molecule has 4 bridgehead atoms. The van der Waals surface area contributed by atoms with Gasteiger partial charge in [0.15, 0.2) is 10.1 Å². The van der Waals surface area contributed by atoms with Crippen LogP contribution in [0.2, 0.25) is 0 Å². The number of hydrogen-bond acceptors (Lipinski definition) is 13. The molecule has 0 radical (unpaired) electrons. The molecule has 4 aliphatic carbocycles. The Balaban J connectivity index is 0.000000251. The summed E-state index contributed by atoms with van der Waals surface area (Å²) in [5.74, 6) is -9.06. The molecule has 10 atom stereocenters. The Hall–Kier alpha value is -1.77. The van der Waals surface area contributed by atoms with E-state index in [0.717, 1.165) is 0 Å². The van der Waals surface area contributed by atoms with Crippen molar-refractivity contribution >= 4 is 53.7 Å². The van der Waals surface area contributed by atoms with Gasteiger partial charge in [-0.05, 0) is 75.6 Å². The van der Waals surface area contributed by atoms with E-state index in [1.54, 1.807) is 9.80 Å². The molecular formula is C47H69BrF4N2NaO13S3+. The number of esters is 2. The zero-order valence-corrected chi connectivity index (χ0v) is 47.3. The standard InChI is InChI=1S/2C14H23N.C10H12F2O5S.C9H10F2O8S2.BrH.Na/c2*1-3-5-12-15(13-6-4-2)14-10-8-7-9-11-14;1-10(11,12)9(13)16-7-4-2-5-6(3-4)18(14,15)17-8(5)7;10-9(11,21(15,16)17)8(12)18-6-3-1-4-5(2-3)20(13,14)19-7(4)6;;/h2*7-11H,3-6,12-13H2,1-2H3;4-8H,2-3H2,1H3;3-7H,1-2H2,(H,15,16,17);1H;/q;;;;;+1. The predicted octanol–water partition coefficient (Wildman–Crippen LogP) is -0.522. The van der Waals surface area contributed by atoms with E-state index in [0.29, 0.717) is 26.2 Å². The Morgan fingerprint density at radius 1 is 0.634 bits per heavy atom. The fraction of sp³-hybridized carbons (Fsp3) is 0.702. The molecule has 10 unspecified atom stereocenters. The van der Waals surface area contributed by atoms with Gasteiger partial charge in [-0.1, -0.05) is 89.8 Å². The molecule has 8 rings (SSSR count). The van der Waals surface area contributed by atoms with E-state index in [9.17, 15) is 57.0 Å². The average Bonchev–Trinajstić information content (AvgIpc) is 4.13. The molecule has 15 nitrogen and oxygen atoms in total. The van der Waals surface area contributed by atoms with Gasteiger partial charge in [0.05, 0.1) is 36.7 Å². The molecule has 2 N–H and O–H groups in total. The van der Waals surface area contributed by atoms with Gasteiger partial charge in [-0.2, -0.15) is 34.4 Å². The van der Waals surface area contributed by atoms with Crippen molar-refractivity contribution in [2.45, 2.75) is 158 Å². The summed E-state index contributed by atoms with van der Waals surface area (Å²) in [5, 5.41) is -6.51. The minimum absolute atomic E-state index is 0. The fourth-order valence-corrected chi connectivity index (χ4v) is 14.4. The largest absolute Gasteiger partial charge is 1.00 e. The second-order valence-corrected chi connectivity index (χ2v) is 23.9.